The van der Waals surface area contributed by atoms with E-state index in [-0.39, 0.29) is 17.9 Å². The quantitative estimate of drug-likeness (QED) is 0.901. The number of hydrogen-bond donors (Lipinski definition) is 2. The number of benzene rings is 1. The molecule has 2 N–H and O–H groups in total. The van der Waals surface area contributed by atoms with Crippen LogP contribution in [0, 0.1) is 0 Å². The van der Waals surface area contributed by atoms with Crippen molar-refractivity contribution in [3.05, 3.63) is 29.3 Å². The van der Waals surface area contributed by atoms with E-state index in [1.165, 1.54) is 0 Å². The maximum atomic E-state index is 11.8. The molecule has 2 amide bonds. The largest absolute Gasteiger partial charge is 0.347 e. The summed E-state index contributed by atoms with van der Waals surface area (Å²) in [5.74, 6) is -0.379. The Morgan fingerprint density at radius 1 is 1.38 bits per heavy atom. The molecule has 3 rings (SSSR count). The van der Waals surface area contributed by atoms with Gasteiger partial charge in [0.15, 0.2) is 5.79 Å². The molecule has 21 heavy (non-hydrogen) atoms. The lowest BCUT2D eigenvalue weighted by Crippen LogP contribution is -2.37. The number of urea groups is 1. The molecule has 0 bridgehead atoms. The molecule has 114 valence electrons. The summed E-state index contributed by atoms with van der Waals surface area (Å²) in [4.78, 5) is 11.8. The number of ether oxygens (including phenoxy) is 2. The van der Waals surface area contributed by atoms with Crippen molar-refractivity contribution >= 4 is 23.3 Å². The van der Waals surface area contributed by atoms with Gasteiger partial charge in [-0.15, -0.1) is 0 Å². The van der Waals surface area contributed by atoms with Crippen molar-refractivity contribution in [2.24, 2.45) is 0 Å². The third kappa shape index (κ3) is 3.67. The molecule has 1 saturated heterocycles. The molecule has 1 aromatic rings. The molecule has 0 radical (unpaired) electrons. The zero-order chi connectivity index (χ0) is 14.7. The SMILES string of the molecule is O=C(NC[C@@H]1COC2(CCCC2)O1)Nc1cccc(Cl)c1. The van der Waals surface area contributed by atoms with E-state index in [4.69, 9.17) is 21.1 Å². The van der Waals surface area contributed by atoms with E-state index in [2.05, 4.69) is 10.6 Å². The fourth-order valence-electron chi connectivity index (χ4n) is 2.84. The fourth-order valence-corrected chi connectivity index (χ4v) is 3.03. The Morgan fingerprint density at radius 3 is 2.95 bits per heavy atom. The predicted octanol–water partition coefficient (Wildman–Crippen LogP) is 3.15. The number of nitrogens with one attached hydrogen (secondary N) is 2. The van der Waals surface area contributed by atoms with Crippen LogP contribution < -0.4 is 10.6 Å². The second kappa shape index (κ2) is 6.22. The molecule has 1 spiro atoms. The van der Waals surface area contributed by atoms with E-state index in [0.29, 0.717) is 23.9 Å². The molecule has 2 fully saturated rings. The molecule has 1 heterocycles. The van der Waals surface area contributed by atoms with E-state index in [9.17, 15) is 4.79 Å². The summed E-state index contributed by atoms with van der Waals surface area (Å²) in [5.41, 5.74) is 0.663. The third-order valence-corrected chi connectivity index (χ3v) is 4.09. The summed E-state index contributed by atoms with van der Waals surface area (Å²) in [5, 5.41) is 6.12. The van der Waals surface area contributed by atoms with Crippen molar-refractivity contribution < 1.29 is 14.3 Å². The van der Waals surface area contributed by atoms with Crippen molar-refractivity contribution in [3.63, 3.8) is 0 Å². The van der Waals surface area contributed by atoms with Crippen molar-refractivity contribution in [3.8, 4) is 0 Å². The standard InChI is InChI=1S/C15H19ClN2O3/c16-11-4-3-5-12(8-11)18-14(19)17-9-13-10-20-15(21-13)6-1-2-7-15/h3-5,8,13H,1-2,6-7,9-10H2,(H2,17,18,19)/t13-/m1/s1. The van der Waals surface area contributed by atoms with Crippen LogP contribution in [0.25, 0.3) is 0 Å². The first-order valence-electron chi connectivity index (χ1n) is 7.27. The van der Waals surface area contributed by atoms with Gasteiger partial charge in [-0.1, -0.05) is 17.7 Å². The smallest absolute Gasteiger partial charge is 0.319 e. The molecule has 1 aliphatic carbocycles. The van der Waals surface area contributed by atoms with E-state index in [1.54, 1.807) is 24.3 Å². The number of rotatable bonds is 3. The zero-order valence-electron chi connectivity index (χ0n) is 11.7. The van der Waals surface area contributed by atoms with Crippen LogP contribution in [0.15, 0.2) is 24.3 Å². The van der Waals surface area contributed by atoms with Crippen LogP contribution in [0.2, 0.25) is 5.02 Å². The van der Waals surface area contributed by atoms with Crippen molar-refractivity contribution in [2.45, 2.75) is 37.6 Å². The Balaban J connectivity index is 1.44. The minimum Gasteiger partial charge on any atom is -0.347 e. The lowest BCUT2D eigenvalue weighted by molar-refractivity contribution is -0.160. The van der Waals surface area contributed by atoms with Gasteiger partial charge in [0.2, 0.25) is 0 Å². The predicted molar refractivity (Wildman–Crippen MR) is 80.5 cm³/mol. The van der Waals surface area contributed by atoms with E-state index >= 15 is 0 Å². The number of anilines is 1. The Morgan fingerprint density at radius 2 is 2.19 bits per heavy atom. The molecule has 1 aliphatic heterocycles. The molecule has 2 aliphatic rings. The first-order chi connectivity index (χ1) is 10.2. The molecule has 0 aromatic heterocycles. The summed E-state index contributed by atoms with van der Waals surface area (Å²) < 4.78 is 11.7. The van der Waals surface area contributed by atoms with Gasteiger partial charge in [-0.25, -0.2) is 4.79 Å². The Kier molecular flexibility index (Phi) is 4.33. The average molecular weight is 311 g/mol. The highest BCUT2D eigenvalue weighted by Gasteiger charge is 2.43. The second-order valence-corrected chi connectivity index (χ2v) is 5.95. The highest BCUT2D eigenvalue weighted by Crippen LogP contribution is 2.38. The maximum Gasteiger partial charge on any atom is 0.319 e. The monoisotopic (exact) mass is 310 g/mol. The van der Waals surface area contributed by atoms with Crippen molar-refractivity contribution in [2.75, 3.05) is 18.5 Å². The van der Waals surface area contributed by atoms with E-state index < -0.39 is 0 Å². The normalized spacial score (nSPS) is 23.4. The Labute approximate surface area is 128 Å². The summed E-state index contributed by atoms with van der Waals surface area (Å²) in [7, 11) is 0. The molecule has 6 heteroatoms. The lowest BCUT2D eigenvalue weighted by Gasteiger charge is -2.22. The van der Waals surface area contributed by atoms with Gasteiger partial charge in [0.05, 0.1) is 6.61 Å². The number of carbonyl (C=O) groups is 1. The fraction of sp³-hybridized carbons (Fsp3) is 0.533. The molecule has 1 aromatic carbocycles. The first-order valence-corrected chi connectivity index (χ1v) is 7.65. The highest BCUT2D eigenvalue weighted by atomic mass is 35.5. The zero-order valence-corrected chi connectivity index (χ0v) is 12.5. The number of halogens is 1. The van der Waals surface area contributed by atoms with Gasteiger partial charge < -0.3 is 20.1 Å². The number of carbonyl (C=O) groups excluding carboxylic acids is 1. The lowest BCUT2D eigenvalue weighted by atomic mass is 10.2. The first kappa shape index (κ1) is 14.6. The van der Waals surface area contributed by atoms with E-state index in [1.807, 2.05) is 0 Å². The van der Waals surface area contributed by atoms with Gasteiger partial charge in [-0.3, -0.25) is 0 Å². The van der Waals surface area contributed by atoms with Gasteiger partial charge >= 0.3 is 6.03 Å². The highest BCUT2D eigenvalue weighted by molar-refractivity contribution is 6.30. The molecular weight excluding hydrogens is 292 g/mol. The van der Waals surface area contributed by atoms with Crippen molar-refractivity contribution in [1.29, 1.82) is 0 Å². The molecular formula is C15H19ClN2O3. The summed E-state index contributed by atoms with van der Waals surface area (Å²) in [6, 6.07) is 6.76. The van der Waals surface area contributed by atoms with Gasteiger partial charge in [0, 0.05) is 30.1 Å². The minimum absolute atomic E-state index is 0.0757. The Bertz CT molecular complexity index is 517. The van der Waals surface area contributed by atoms with Crippen LogP contribution in [-0.2, 0) is 9.47 Å². The van der Waals surface area contributed by atoms with Crippen LogP contribution in [0.5, 0.6) is 0 Å². The average Bonchev–Trinajstić information content (AvgIpc) is 3.07. The van der Waals surface area contributed by atoms with Crippen LogP contribution >= 0.6 is 11.6 Å². The second-order valence-electron chi connectivity index (χ2n) is 5.51. The van der Waals surface area contributed by atoms with Crippen LogP contribution in [-0.4, -0.2) is 31.1 Å². The van der Waals surface area contributed by atoms with Gasteiger partial charge in [-0.05, 0) is 31.0 Å². The topological polar surface area (TPSA) is 59.6 Å². The maximum absolute atomic E-state index is 11.8. The minimum atomic E-state index is -0.379. The van der Waals surface area contributed by atoms with Gasteiger partial charge in [0.25, 0.3) is 0 Å². The third-order valence-electron chi connectivity index (χ3n) is 3.85. The Hall–Kier alpha value is -1.30. The number of hydrogen-bond acceptors (Lipinski definition) is 3. The summed E-state index contributed by atoms with van der Waals surface area (Å²) in [6.45, 7) is 0.978. The molecule has 0 unspecified atom stereocenters. The molecule has 1 saturated carbocycles. The van der Waals surface area contributed by atoms with Crippen LogP contribution in [0.3, 0.4) is 0 Å². The van der Waals surface area contributed by atoms with Crippen LogP contribution in [0.1, 0.15) is 25.7 Å². The van der Waals surface area contributed by atoms with Crippen LogP contribution in [0.4, 0.5) is 10.5 Å². The van der Waals surface area contributed by atoms with Gasteiger partial charge in [-0.2, -0.15) is 0 Å². The van der Waals surface area contributed by atoms with E-state index in [0.717, 1.165) is 25.7 Å². The molecule has 1 atom stereocenters. The summed E-state index contributed by atoms with van der Waals surface area (Å²) >= 11 is 5.87. The number of amides is 2. The van der Waals surface area contributed by atoms with Gasteiger partial charge in [0.1, 0.15) is 6.10 Å². The van der Waals surface area contributed by atoms with Crippen molar-refractivity contribution in [1.82, 2.24) is 5.32 Å². The summed E-state index contributed by atoms with van der Waals surface area (Å²) in [6.07, 6.45) is 4.13. The molecule has 5 nitrogen and oxygen atoms in total.